The Morgan fingerprint density at radius 2 is 1.56 bits per heavy atom. The molecular weight excluding hydrogens is 418 g/mol. The molecule has 0 radical (unpaired) electrons. The van der Waals surface area contributed by atoms with E-state index in [2.05, 4.69) is 31.9 Å². The van der Waals surface area contributed by atoms with Crippen LogP contribution in [0.3, 0.4) is 0 Å². The van der Waals surface area contributed by atoms with Crippen LogP contribution in [0.2, 0.25) is 0 Å². The molecule has 0 fully saturated rings. The van der Waals surface area contributed by atoms with E-state index in [4.69, 9.17) is 34.8 Å². The first-order chi connectivity index (χ1) is 7.52. The zero-order valence-electron chi connectivity index (χ0n) is 7.68. The Balaban J connectivity index is 2.90. The van der Waals surface area contributed by atoms with Crippen LogP contribution >= 0.6 is 78.4 Å². The Bertz CT molecular complexity index is 425. The molecule has 1 rings (SSSR count). The Labute approximate surface area is 130 Å². The number of hydrogen-bond acceptors (Lipinski definition) is 1. The van der Waals surface area contributed by atoms with Crippen molar-refractivity contribution in [3.63, 3.8) is 0 Å². The van der Waals surface area contributed by atoms with Crippen molar-refractivity contribution in [2.24, 2.45) is 0 Å². The molecule has 86 valence electrons. The summed E-state index contributed by atoms with van der Waals surface area (Å²) in [5.74, 6) is 0. The summed E-state index contributed by atoms with van der Waals surface area (Å²) in [6, 6.07) is 9.86. The summed E-state index contributed by atoms with van der Waals surface area (Å²) in [7, 11) is 0. The van der Waals surface area contributed by atoms with Gasteiger partial charge in [-0.2, -0.15) is 0 Å². The van der Waals surface area contributed by atoms with Gasteiger partial charge in [0.05, 0.1) is 13.3 Å². The standard InChI is InChI=1S/C10H5Br2Cl3S/c11-7(8(13)10(14)15)9(12)16-6-4-2-1-3-5-6/h1-5H/b9-7+. The molecule has 1 aromatic carbocycles. The van der Waals surface area contributed by atoms with Crippen molar-refractivity contribution in [2.75, 3.05) is 0 Å². The van der Waals surface area contributed by atoms with Crippen LogP contribution in [-0.4, -0.2) is 0 Å². The molecule has 0 amide bonds. The Morgan fingerprint density at radius 1 is 1.00 bits per heavy atom. The van der Waals surface area contributed by atoms with E-state index in [0.29, 0.717) is 4.48 Å². The lowest BCUT2D eigenvalue weighted by molar-refractivity contribution is 1.47. The Morgan fingerprint density at radius 3 is 2.06 bits per heavy atom. The number of hydrogen-bond donors (Lipinski definition) is 0. The highest BCUT2D eigenvalue weighted by atomic mass is 79.9. The summed E-state index contributed by atoms with van der Waals surface area (Å²) in [4.78, 5) is 1.08. The fourth-order valence-electron chi connectivity index (χ4n) is 0.806. The van der Waals surface area contributed by atoms with Crippen LogP contribution in [-0.2, 0) is 0 Å². The van der Waals surface area contributed by atoms with E-state index in [1.165, 1.54) is 11.8 Å². The van der Waals surface area contributed by atoms with Gasteiger partial charge in [0.15, 0.2) is 0 Å². The summed E-state index contributed by atoms with van der Waals surface area (Å²) in [5, 5.41) is 0.277. The quantitative estimate of drug-likeness (QED) is 0.389. The highest BCUT2D eigenvalue weighted by molar-refractivity contribution is 9.15. The van der Waals surface area contributed by atoms with Crippen molar-refractivity contribution in [3.8, 4) is 0 Å². The molecule has 0 aliphatic heterocycles. The van der Waals surface area contributed by atoms with Gasteiger partial charge in [0.2, 0.25) is 0 Å². The number of allylic oxidation sites excluding steroid dienone is 2. The second-order valence-corrected chi connectivity index (χ2v) is 7.10. The molecule has 0 heterocycles. The molecule has 0 unspecified atom stereocenters. The number of thioether (sulfide) groups is 1. The second-order valence-electron chi connectivity index (χ2n) is 2.58. The molecule has 0 spiro atoms. The normalized spacial score (nSPS) is 12.1. The fraction of sp³-hybridized carbons (Fsp3) is 0. The monoisotopic (exact) mass is 420 g/mol. The van der Waals surface area contributed by atoms with Gasteiger partial charge in [0.1, 0.15) is 4.49 Å². The molecule has 0 nitrogen and oxygen atoms in total. The average molecular weight is 423 g/mol. The molecular formula is C10H5Br2Cl3S. The lowest BCUT2D eigenvalue weighted by Crippen LogP contribution is -1.77. The maximum absolute atomic E-state index is 5.89. The zero-order chi connectivity index (χ0) is 12.1. The van der Waals surface area contributed by atoms with Gasteiger partial charge in [0.25, 0.3) is 0 Å². The smallest absolute Gasteiger partial charge is 0.0812 e. The van der Waals surface area contributed by atoms with Crippen molar-refractivity contribution in [2.45, 2.75) is 4.90 Å². The number of halogens is 5. The predicted molar refractivity (Wildman–Crippen MR) is 81.8 cm³/mol. The largest absolute Gasteiger partial charge is 0.126 e. The van der Waals surface area contributed by atoms with Gasteiger partial charge in [-0.05, 0) is 44.0 Å². The summed E-state index contributed by atoms with van der Waals surface area (Å²) >= 11 is 25.3. The summed E-state index contributed by atoms with van der Waals surface area (Å²) in [6.45, 7) is 0. The van der Waals surface area contributed by atoms with E-state index in [0.717, 1.165) is 8.71 Å². The first kappa shape index (κ1) is 14.9. The van der Waals surface area contributed by atoms with Gasteiger partial charge in [-0.1, -0.05) is 64.8 Å². The highest BCUT2D eigenvalue weighted by Gasteiger charge is 2.09. The van der Waals surface area contributed by atoms with E-state index in [1.54, 1.807) is 0 Å². The van der Waals surface area contributed by atoms with Crippen molar-refractivity contribution in [3.05, 3.63) is 48.2 Å². The molecule has 0 aromatic heterocycles. The molecule has 0 bridgehead atoms. The van der Waals surface area contributed by atoms with Crippen LogP contribution in [0.5, 0.6) is 0 Å². The van der Waals surface area contributed by atoms with Crippen LogP contribution in [0.15, 0.2) is 53.0 Å². The van der Waals surface area contributed by atoms with E-state index in [9.17, 15) is 0 Å². The minimum Gasteiger partial charge on any atom is -0.0812 e. The number of rotatable bonds is 3. The molecule has 1 aromatic rings. The lowest BCUT2D eigenvalue weighted by Gasteiger charge is -2.03. The highest BCUT2D eigenvalue weighted by Crippen LogP contribution is 2.41. The third kappa shape index (κ3) is 4.63. The molecule has 0 aliphatic carbocycles. The van der Waals surface area contributed by atoms with Gasteiger partial charge < -0.3 is 0 Å². The zero-order valence-corrected chi connectivity index (χ0v) is 13.9. The van der Waals surface area contributed by atoms with Gasteiger partial charge in [-0.15, -0.1) is 0 Å². The molecule has 0 saturated heterocycles. The van der Waals surface area contributed by atoms with Crippen molar-refractivity contribution in [1.82, 2.24) is 0 Å². The van der Waals surface area contributed by atoms with Gasteiger partial charge in [-0.25, -0.2) is 0 Å². The summed E-state index contributed by atoms with van der Waals surface area (Å²) < 4.78 is 1.46. The Hall–Kier alpha value is 0.880. The maximum Gasteiger partial charge on any atom is 0.126 e. The van der Waals surface area contributed by atoms with Crippen LogP contribution in [0, 0.1) is 0 Å². The van der Waals surface area contributed by atoms with Crippen molar-refractivity contribution >= 4 is 78.4 Å². The van der Waals surface area contributed by atoms with Crippen LogP contribution in [0.25, 0.3) is 0 Å². The third-order valence-corrected chi connectivity index (χ3v) is 6.02. The van der Waals surface area contributed by atoms with Crippen molar-refractivity contribution in [1.29, 1.82) is 0 Å². The van der Waals surface area contributed by atoms with Gasteiger partial charge in [0, 0.05) is 4.90 Å². The minimum atomic E-state index is 0.0270. The maximum atomic E-state index is 5.89. The molecule has 0 N–H and O–H groups in total. The van der Waals surface area contributed by atoms with Crippen LogP contribution in [0.4, 0.5) is 0 Å². The van der Waals surface area contributed by atoms with Crippen LogP contribution < -0.4 is 0 Å². The topological polar surface area (TPSA) is 0 Å². The van der Waals surface area contributed by atoms with E-state index >= 15 is 0 Å². The van der Waals surface area contributed by atoms with E-state index < -0.39 is 0 Å². The second kappa shape index (κ2) is 7.34. The lowest BCUT2D eigenvalue weighted by atomic mass is 10.4. The molecule has 0 saturated carbocycles. The first-order valence-electron chi connectivity index (χ1n) is 4.01. The summed E-state index contributed by atoms with van der Waals surface area (Å²) in [5.41, 5.74) is 0. The van der Waals surface area contributed by atoms with E-state index in [-0.39, 0.29) is 9.52 Å². The van der Waals surface area contributed by atoms with E-state index in [1.807, 2.05) is 30.3 Å². The fourth-order valence-corrected chi connectivity index (χ4v) is 3.38. The molecule has 0 aliphatic rings. The number of benzene rings is 1. The SMILES string of the molecule is ClC(Cl)=C(Cl)/C(Br)=C(/Br)Sc1ccccc1. The summed E-state index contributed by atoms with van der Waals surface area (Å²) in [6.07, 6.45) is 0. The van der Waals surface area contributed by atoms with Crippen molar-refractivity contribution < 1.29 is 0 Å². The third-order valence-electron chi connectivity index (χ3n) is 1.48. The Kier molecular flexibility index (Phi) is 6.86. The van der Waals surface area contributed by atoms with Gasteiger partial charge in [-0.3, -0.25) is 0 Å². The molecule has 0 atom stereocenters. The average Bonchev–Trinajstić information content (AvgIpc) is 2.28. The first-order valence-corrected chi connectivity index (χ1v) is 7.55. The molecule has 6 heteroatoms. The van der Waals surface area contributed by atoms with Crippen LogP contribution in [0.1, 0.15) is 0 Å². The van der Waals surface area contributed by atoms with Gasteiger partial charge >= 0.3 is 0 Å². The predicted octanol–water partition coefficient (Wildman–Crippen LogP) is 6.62. The molecule has 16 heavy (non-hydrogen) atoms. The minimum absolute atomic E-state index is 0.0270.